The highest BCUT2D eigenvalue weighted by Gasteiger charge is 2.06. The summed E-state index contributed by atoms with van der Waals surface area (Å²) in [7, 11) is 0. The zero-order valence-corrected chi connectivity index (χ0v) is 8.64. The molecule has 8 heteroatoms. The molecule has 2 aromatic heterocycles. The van der Waals surface area contributed by atoms with Crippen LogP contribution < -0.4 is 11.1 Å². The van der Waals surface area contributed by atoms with Gasteiger partial charge < -0.3 is 11.1 Å². The third-order valence-electron chi connectivity index (χ3n) is 1.83. The van der Waals surface area contributed by atoms with E-state index in [0.717, 1.165) is 5.69 Å². The van der Waals surface area contributed by atoms with Crippen LogP contribution >= 0.6 is 0 Å². The Morgan fingerprint density at radius 1 is 1.69 bits per heavy atom. The predicted molar refractivity (Wildman–Crippen MR) is 56.4 cm³/mol. The maximum Gasteiger partial charge on any atom is 0.247 e. The van der Waals surface area contributed by atoms with E-state index in [2.05, 4.69) is 25.6 Å². The summed E-state index contributed by atoms with van der Waals surface area (Å²) >= 11 is 0. The van der Waals surface area contributed by atoms with Gasteiger partial charge in [0, 0.05) is 11.8 Å². The van der Waals surface area contributed by atoms with Gasteiger partial charge in [0.2, 0.25) is 11.9 Å². The molecule has 0 saturated heterocycles. The number of aromatic nitrogens is 5. The predicted octanol–water partition coefficient (Wildman–Crippen LogP) is -0.469. The van der Waals surface area contributed by atoms with Crippen LogP contribution in [-0.2, 0) is 11.3 Å². The number of anilines is 2. The van der Waals surface area contributed by atoms with Crippen LogP contribution in [0.2, 0.25) is 0 Å². The first-order valence-corrected chi connectivity index (χ1v) is 4.60. The van der Waals surface area contributed by atoms with Gasteiger partial charge in [-0.3, -0.25) is 9.89 Å². The molecule has 0 bridgehead atoms. The van der Waals surface area contributed by atoms with E-state index in [0.29, 0.717) is 5.82 Å². The van der Waals surface area contributed by atoms with E-state index in [1.807, 2.05) is 6.92 Å². The lowest BCUT2D eigenvalue weighted by Gasteiger charge is -2.00. The Balaban J connectivity index is 1.94. The maximum absolute atomic E-state index is 11.5. The maximum atomic E-state index is 11.5. The monoisotopic (exact) mass is 221 g/mol. The fraction of sp³-hybridized carbons (Fsp3) is 0.250. The lowest BCUT2D eigenvalue weighted by molar-refractivity contribution is -0.116. The van der Waals surface area contributed by atoms with Crippen LogP contribution in [0.15, 0.2) is 12.4 Å². The smallest absolute Gasteiger partial charge is 0.247 e. The van der Waals surface area contributed by atoms with E-state index >= 15 is 0 Å². The molecule has 8 nitrogen and oxygen atoms in total. The van der Waals surface area contributed by atoms with E-state index in [-0.39, 0.29) is 18.4 Å². The minimum Gasteiger partial charge on any atom is -0.367 e. The first-order valence-electron chi connectivity index (χ1n) is 4.60. The van der Waals surface area contributed by atoms with Gasteiger partial charge >= 0.3 is 0 Å². The zero-order valence-electron chi connectivity index (χ0n) is 8.64. The quantitative estimate of drug-likeness (QED) is 0.648. The number of nitrogen functional groups attached to an aromatic ring is 1. The summed E-state index contributed by atoms with van der Waals surface area (Å²) in [4.78, 5) is 15.2. The molecule has 0 aliphatic heterocycles. The molecule has 0 aliphatic rings. The molecular weight excluding hydrogens is 210 g/mol. The minimum absolute atomic E-state index is 0.0517. The highest BCUT2D eigenvalue weighted by atomic mass is 16.2. The molecule has 0 radical (unpaired) electrons. The second kappa shape index (κ2) is 4.01. The lowest BCUT2D eigenvalue weighted by Crippen LogP contribution is -2.19. The Labute approximate surface area is 90.9 Å². The van der Waals surface area contributed by atoms with Crippen LogP contribution in [0, 0.1) is 6.92 Å². The third-order valence-corrected chi connectivity index (χ3v) is 1.83. The Hall–Kier alpha value is -2.38. The number of rotatable bonds is 3. The van der Waals surface area contributed by atoms with E-state index in [1.54, 1.807) is 6.07 Å². The molecule has 0 saturated carbocycles. The molecule has 4 N–H and O–H groups in total. The molecule has 0 spiro atoms. The van der Waals surface area contributed by atoms with Crippen molar-refractivity contribution in [2.75, 3.05) is 11.1 Å². The van der Waals surface area contributed by atoms with Gasteiger partial charge in [-0.1, -0.05) is 0 Å². The van der Waals surface area contributed by atoms with Gasteiger partial charge in [-0.05, 0) is 6.92 Å². The summed E-state index contributed by atoms with van der Waals surface area (Å²) < 4.78 is 1.35. The highest BCUT2D eigenvalue weighted by molar-refractivity contribution is 5.89. The average molecular weight is 221 g/mol. The van der Waals surface area contributed by atoms with Crippen molar-refractivity contribution in [3.8, 4) is 0 Å². The van der Waals surface area contributed by atoms with Crippen molar-refractivity contribution in [3.05, 3.63) is 18.1 Å². The van der Waals surface area contributed by atoms with Crippen molar-refractivity contribution >= 4 is 17.7 Å². The van der Waals surface area contributed by atoms with E-state index in [4.69, 9.17) is 5.73 Å². The molecule has 2 rings (SSSR count). The summed E-state index contributed by atoms with van der Waals surface area (Å²) in [6, 6.07) is 1.73. The number of nitrogens with one attached hydrogen (secondary N) is 2. The van der Waals surface area contributed by atoms with Crippen molar-refractivity contribution in [1.29, 1.82) is 0 Å². The van der Waals surface area contributed by atoms with Gasteiger partial charge in [-0.25, -0.2) is 9.67 Å². The van der Waals surface area contributed by atoms with Crippen molar-refractivity contribution in [1.82, 2.24) is 25.0 Å². The summed E-state index contributed by atoms with van der Waals surface area (Å²) in [5, 5.41) is 13.0. The topological polar surface area (TPSA) is 115 Å². The van der Waals surface area contributed by atoms with Gasteiger partial charge in [0.1, 0.15) is 12.9 Å². The zero-order chi connectivity index (χ0) is 11.5. The number of H-pyrrole nitrogens is 1. The molecule has 0 fully saturated rings. The number of hydrogen-bond acceptors (Lipinski definition) is 5. The summed E-state index contributed by atoms with van der Waals surface area (Å²) in [5.41, 5.74) is 6.19. The van der Waals surface area contributed by atoms with Gasteiger partial charge in [0.25, 0.3) is 0 Å². The number of hydrogen-bond donors (Lipinski definition) is 3. The first-order chi connectivity index (χ1) is 7.63. The molecule has 2 aromatic rings. The Morgan fingerprint density at radius 2 is 2.50 bits per heavy atom. The molecular formula is C8H11N7O. The van der Waals surface area contributed by atoms with Gasteiger partial charge in [-0.2, -0.15) is 5.10 Å². The SMILES string of the molecule is Cc1cc(NC(=O)Cn2cnc(N)n2)n[nH]1. The Kier molecular flexibility index (Phi) is 2.54. The third kappa shape index (κ3) is 2.35. The molecule has 16 heavy (non-hydrogen) atoms. The highest BCUT2D eigenvalue weighted by Crippen LogP contribution is 2.03. The second-order valence-corrected chi connectivity index (χ2v) is 3.28. The van der Waals surface area contributed by atoms with E-state index < -0.39 is 0 Å². The standard InChI is InChI=1S/C8H11N7O/c1-5-2-6(13-12-5)11-7(16)3-15-4-10-8(9)14-15/h2,4H,3H2,1H3,(H2,9,14)(H2,11,12,13,16). The van der Waals surface area contributed by atoms with Crippen LogP contribution in [0.3, 0.4) is 0 Å². The fourth-order valence-electron chi connectivity index (χ4n) is 1.20. The first kappa shape index (κ1) is 10.1. The average Bonchev–Trinajstić information content (AvgIpc) is 2.76. The van der Waals surface area contributed by atoms with Crippen molar-refractivity contribution in [2.24, 2.45) is 0 Å². The normalized spacial score (nSPS) is 10.3. The second-order valence-electron chi connectivity index (χ2n) is 3.28. The van der Waals surface area contributed by atoms with Crippen molar-refractivity contribution in [3.63, 3.8) is 0 Å². The van der Waals surface area contributed by atoms with Crippen LogP contribution in [0.25, 0.3) is 0 Å². The van der Waals surface area contributed by atoms with Gasteiger partial charge in [0.05, 0.1) is 0 Å². The van der Waals surface area contributed by atoms with E-state index in [1.165, 1.54) is 11.0 Å². The number of nitrogens with two attached hydrogens (primary N) is 1. The van der Waals surface area contributed by atoms with Gasteiger partial charge in [-0.15, -0.1) is 5.10 Å². The fourth-order valence-corrected chi connectivity index (χ4v) is 1.20. The summed E-state index contributed by atoms with van der Waals surface area (Å²) in [5.74, 6) is 0.385. The van der Waals surface area contributed by atoms with Crippen LogP contribution in [0.5, 0.6) is 0 Å². The van der Waals surface area contributed by atoms with Crippen LogP contribution in [0.1, 0.15) is 5.69 Å². The van der Waals surface area contributed by atoms with Gasteiger partial charge in [0.15, 0.2) is 5.82 Å². The number of aromatic amines is 1. The van der Waals surface area contributed by atoms with E-state index in [9.17, 15) is 4.79 Å². The number of amides is 1. The number of carbonyl (C=O) groups is 1. The molecule has 0 unspecified atom stereocenters. The Morgan fingerprint density at radius 3 is 3.06 bits per heavy atom. The van der Waals surface area contributed by atoms with Crippen molar-refractivity contribution in [2.45, 2.75) is 13.5 Å². The largest absolute Gasteiger partial charge is 0.367 e. The lowest BCUT2D eigenvalue weighted by atomic mass is 10.4. The summed E-state index contributed by atoms with van der Waals surface area (Å²) in [6.07, 6.45) is 1.39. The van der Waals surface area contributed by atoms with Crippen molar-refractivity contribution < 1.29 is 4.79 Å². The molecule has 84 valence electrons. The molecule has 0 aromatic carbocycles. The number of carbonyl (C=O) groups excluding carboxylic acids is 1. The van der Waals surface area contributed by atoms with Crippen LogP contribution in [-0.4, -0.2) is 30.9 Å². The number of nitrogens with zero attached hydrogens (tertiary/aromatic N) is 4. The minimum atomic E-state index is -0.239. The van der Waals surface area contributed by atoms with Crippen LogP contribution in [0.4, 0.5) is 11.8 Å². The number of aryl methyl sites for hydroxylation is 1. The summed E-state index contributed by atoms with van der Waals surface area (Å²) in [6.45, 7) is 1.90. The molecule has 0 atom stereocenters. The molecule has 2 heterocycles. The Bertz CT molecular complexity index is 456. The molecule has 1 amide bonds. The molecule has 0 aliphatic carbocycles.